The number of aliphatic hydroxyl groups is 1. The summed E-state index contributed by atoms with van der Waals surface area (Å²) in [6.07, 6.45) is 5.04. The molecule has 1 fully saturated rings. The van der Waals surface area contributed by atoms with Gasteiger partial charge in [0.1, 0.15) is 6.33 Å². The van der Waals surface area contributed by atoms with Gasteiger partial charge in [0, 0.05) is 12.1 Å². The van der Waals surface area contributed by atoms with E-state index >= 15 is 0 Å². The number of carbonyl (C=O) groups excluding carboxylic acids is 1. The van der Waals surface area contributed by atoms with Gasteiger partial charge in [-0.2, -0.15) is 0 Å². The van der Waals surface area contributed by atoms with Crippen LogP contribution in [0, 0.1) is 0 Å². The molecule has 0 bridgehead atoms. The molecule has 1 aliphatic carbocycles. The van der Waals surface area contributed by atoms with Crippen molar-refractivity contribution in [3.63, 3.8) is 0 Å². The molecule has 3 rings (SSSR count). The Bertz CT molecular complexity index is 603. The minimum atomic E-state index is -0.734. The maximum absolute atomic E-state index is 12.1. The Hall–Kier alpha value is -2.28. The molecule has 0 spiro atoms. The first-order valence-corrected chi connectivity index (χ1v) is 7.00. The summed E-state index contributed by atoms with van der Waals surface area (Å²) < 4.78 is 1.52. The molecule has 2 N–H and O–H groups in total. The van der Waals surface area contributed by atoms with Crippen molar-refractivity contribution >= 4 is 5.91 Å². The summed E-state index contributed by atoms with van der Waals surface area (Å²) in [5.41, 5.74) is 0.599. The van der Waals surface area contributed by atoms with E-state index in [1.54, 1.807) is 24.3 Å². The first-order chi connectivity index (χ1) is 10.2. The number of amides is 1. The molecule has 0 saturated heterocycles. The maximum atomic E-state index is 12.1. The number of nitrogens with zero attached hydrogens (tertiary/aromatic N) is 4. The van der Waals surface area contributed by atoms with Gasteiger partial charge in [0.05, 0.1) is 11.3 Å². The number of nitrogens with one attached hydrogen (secondary N) is 1. The van der Waals surface area contributed by atoms with Gasteiger partial charge >= 0.3 is 0 Å². The van der Waals surface area contributed by atoms with Crippen LogP contribution in [0.25, 0.3) is 5.69 Å². The molecule has 1 aromatic carbocycles. The highest BCUT2D eigenvalue weighted by Crippen LogP contribution is 2.28. The predicted octanol–water partition coefficient (Wildman–Crippen LogP) is 0.697. The summed E-state index contributed by atoms with van der Waals surface area (Å²) in [5.74, 6) is -0.182. The Morgan fingerprint density at radius 2 is 2.00 bits per heavy atom. The Labute approximate surface area is 122 Å². The molecule has 0 radical (unpaired) electrons. The molecule has 1 aliphatic rings. The Balaban J connectivity index is 1.62. The number of aromatic nitrogens is 4. The zero-order valence-electron chi connectivity index (χ0n) is 11.6. The number of tetrazole rings is 1. The van der Waals surface area contributed by atoms with Gasteiger partial charge in [0.2, 0.25) is 0 Å². The van der Waals surface area contributed by atoms with Crippen LogP contribution in [0.15, 0.2) is 30.6 Å². The fourth-order valence-electron chi connectivity index (χ4n) is 2.60. The van der Waals surface area contributed by atoms with Crippen molar-refractivity contribution in [3.05, 3.63) is 36.2 Å². The van der Waals surface area contributed by atoms with E-state index in [0.717, 1.165) is 31.4 Å². The van der Waals surface area contributed by atoms with Crippen molar-refractivity contribution in [2.45, 2.75) is 31.3 Å². The number of hydrogen-bond donors (Lipinski definition) is 2. The molecule has 1 aromatic heterocycles. The highest BCUT2D eigenvalue weighted by Gasteiger charge is 2.31. The van der Waals surface area contributed by atoms with Gasteiger partial charge < -0.3 is 10.4 Å². The minimum absolute atomic E-state index is 0.182. The molecule has 1 heterocycles. The molecule has 110 valence electrons. The van der Waals surface area contributed by atoms with Gasteiger partial charge in [0.25, 0.3) is 5.91 Å². The van der Waals surface area contributed by atoms with Gasteiger partial charge in [-0.25, -0.2) is 4.68 Å². The molecule has 7 nitrogen and oxygen atoms in total. The average Bonchev–Trinajstić information content (AvgIpc) is 3.17. The topological polar surface area (TPSA) is 92.9 Å². The second-order valence-corrected chi connectivity index (χ2v) is 5.42. The molecule has 1 amide bonds. The molecule has 21 heavy (non-hydrogen) atoms. The molecule has 2 aromatic rings. The lowest BCUT2D eigenvalue weighted by molar-refractivity contribution is 0.0449. The SMILES string of the molecule is O=C(NCC1(O)CCCC1)c1ccc(-n2cnnn2)cc1. The van der Waals surface area contributed by atoms with E-state index in [2.05, 4.69) is 20.8 Å². The van der Waals surface area contributed by atoms with Gasteiger partial charge in [-0.1, -0.05) is 12.8 Å². The summed E-state index contributed by atoms with van der Waals surface area (Å²) in [7, 11) is 0. The molecule has 0 unspecified atom stereocenters. The fraction of sp³-hybridized carbons (Fsp3) is 0.429. The van der Waals surface area contributed by atoms with Crippen molar-refractivity contribution in [1.29, 1.82) is 0 Å². The summed E-state index contributed by atoms with van der Waals surface area (Å²) >= 11 is 0. The second kappa shape index (κ2) is 5.61. The lowest BCUT2D eigenvalue weighted by Gasteiger charge is -2.22. The van der Waals surface area contributed by atoms with E-state index in [1.165, 1.54) is 11.0 Å². The van der Waals surface area contributed by atoms with Gasteiger partial charge in [0.15, 0.2) is 0 Å². The third kappa shape index (κ3) is 3.08. The summed E-state index contributed by atoms with van der Waals surface area (Å²) in [6.45, 7) is 0.306. The number of benzene rings is 1. The average molecular weight is 287 g/mol. The van der Waals surface area contributed by atoms with Crippen molar-refractivity contribution in [2.24, 2.45) is 0 Å². The van der Waals surface area contributed by atoms with Crippen molar-refractivity contribution in [1.82, 2.24) is 25.5 Å². The van der Waals surface area contributed by atoms with E-state index in [0.29, 0.717) is 12.1 Å². The Morgan fingerprint density at radius 1 is 1.29 bits per heavy atom. The van der Waals surface area contributed by atoms with Crippen LogP contribution in [0.3, 0.4) is 0 Å². The normalized spacial score (nSPS) is 16.8. The van der Waals surface area contributed by atoms with Crippen LogP contribution < -0.4 is 5.32 Å². The van der Waals surface area contributed by atoms with Crippen LogP contribution in [0.5, 0.6) is 0 Å². The predicted molar refractivity (Wildman–Crippen MR) is 74.9 cm³/mol. The molecule has 0 aliphatic heterocycles. The van der Waals surface area contributed by atoms with E-state index in [-0.39, 0.29) is 5.91 Å². The summed E-state index contributed by atoms with van der Waals surface area (Å²) in [4.78, 5) is 12.1. The summed E-state index contributed by atoms with van der Waals surface area (Å²) in [5, 5.41) is 23.9. The van der Waals surface area contributed by atoms with Crippen LogP contribution in [-0.4, -0.2) is 43.4 Å². The van der Waals surface area contributed by atoms with E-state index in [1.807, 2.05) is 0 Å². The third-order valence-corrected chi connectivity index (χ3v) is 3.86. The minimum Gasteiger partial charge on any atom is -0.388 e. The Kier molecular flexibility index (Phi) is 3.66. The second-order valence-electron chi connectivity index (χ2n) is 5.42. The molecule has 7 heteroatoms. The lowest BCUT2D eigenvalue weighted by Crippen LogP contribution is -2.40. The molecular weight excluding hydrogens is 270 g/mol. The van der Waals surface area contributed by atoms with Crippen LogP contribution in [-0.2, 0) is 0 Å². The van der Waals surface area contributed by atoms with Crippen LogP contribution >= 0.6 is 0 Å². The van der Waals surface area contributed by atoms with Crippen LogP contribution in [0.2, 0.25) is 0 Å². The molecule has 0 atom stereocenters. The van der Waals surface area contributed by atoms with E-state index in [4.69, 9.17) is 0 Å². The number of carbonyl (C=O) groups is 1. The first-order valence-electron chi connectivity index (χ1n) is 7.00. The quantitative estimate of drug-likeness (QED) is 0.863. The molecule has 1 saturated carbocycles. The van der Waals surface area contributed by atoms with Crippen molar-refractivity contribution < 1.29 is 9.90 Å². The van der Waals surface area contributed by atoms with Crippen molar-refractivity contribution in [3.8, 4) is 5.69 Å². The Morgan fingerprint density at radius 3 is 2.62 bits per heavy atom. The zero-order chi connectivity index (χ0) is 14.7. The zero-order valence-corrected chi connectivity index (χ0v) is 11.6. The largest absolute Gasteiger partial charge is 0.388 e. The van der Waals surface area contributed by atoms with Gasteiger partial charge in [-0.3, -0.25) is 4.79 Å². The van der Waals surface area contributed by atoms with Crippen molar-refractivity contribution in [2.75, 3.05) is 6.54 Å². The third-order valence-electron chi connectivity index (χ3n) is 3.86. The lowest BCUT2D eigenvalue weighted by atomic mass is 10.0. The summed E-state index contributed by atoms with van der Waals surface area (Å²) in [6, 6.07) is 6.97. The van der Waals surface area contributed by atoms with E-state index in [9.17, 15) is 9.90 Å². The highest BCUT2D eigenvalue weighted by molar-refractivity contribution is 5.94. The fourth-order valence-corrected chi connectivity index (χ4v) is 2.60. The standard InChI is InChI=1S/C14H17N5O2/c20-13(15-9-14(21)7-1-2-8-14)11-3-5-12(6-4-11)19-10-16-17-18-19/h3-6,10,21H,1-2,7-9H2,(H,15,20). The van der Waals surface area contributed by atoms with Gasteiger partial charge in [-0.05, 0) is 47.5 Å². The maximum Gasteiger partial charge on any atom is 0.251 e. The van der Waals surface area contributed by atoms with Gasteiger partial charge in [-0.15, -0.1) is 5.10 Å². The number of hydrogen-bond acceptors (Lipinski definition) is 5. The van der Waals surface area contributed by atoms with Crippen LogP contribution in [0.4, 0.5) is 0 Å². The van der Waals surface area contributed by atoms with E-state index < -0.39 is 5.60 Å². The molecular formula is C14H17N5O2. The van der Waals surface area contributed by atoms with Crippen LogP contribution in [0.1, 0.15) is 36.0 Å². The monoisotopic (exact) mass is 287 g/mol. The highest BCUT2D eigenvalue weighted by atomic mass is 16.3. The first kappa shape index (κ1) is 13.7. The number of rotatable bonds is 4. The smallest absolute Gasteiger partial charge is 0.251 e.